The van der Waals surface area contributed by atoms with E-state index in [1.807, 2.05) is 18.2 Å². The van der Waals surface area contributed by atoms with Crippen LogP contribution in [0.3, 0.4) is 0 Å². The highest BCUT2D eigenvalue weighted by molar-refractivity contribution is 5.91. The van der Waals surface area contributed by atoms with Crippen molar-refractivity contribution in [2.24, 2.45) is 0 Å². The van der Waals surface area contributed by atoms with Gasteiger partial charge in [0.1, 0.15) is 0 Å². The molecule has 1 fully saturated rings. The van der Waals surface area contributed by atoms with Gasteiger partial charge in [0.05, 0.1) is 6.26 Å². The highest BCUT2D eigenvalue weighted by Crippen LogP contribution is 2.46. The van der Waals surface area contributed by atoms with Crippen molar-refractivity contribution >= 4 is 5.91 Å². The van der Waals surface area contributed by atoms with Gasteiger partial charge in [0.25, 0.3) is 5.91 Å². The first-order valence-corrected chi connectivity index (χ1v) is 6.03. The molecule has 18 heavy (non-hydrogen) atoms. The Balaban J connectivity index is 1.66. The van der Waals surface area contributed by atoms with Crippen LogP contribution >= 0.6 is 0 Å². The van der Waals surface area contributed by atoms with Crippen molar-refractivity contribution in [1.29, 1.82) is 0 Å². The summed E-state index contributed by atoms with van der Waals surface area (Å²) in [5.74, 6) is 0.189. The van der Waals surface area contributed by atoms with E-state index < -0.39 is 0 Å². The topological polar surface area (TPSA) is 55.1 Å². The fourth-order valence-corrected chi connectivity index (χ4v) is 2.10. The Hall–Kier alpha value is -2.10. The molecule has 4 heteroatoms. The summed E-state index contributed by atoms with van der Waals surface area (Å²) in [5, 5.41) is 2.91. The van der Waals surface area contributed by atoms with Crippen molar-refractivity contribution in [2.45, 2.75) is 18.3 Å². The van der Waals surface area contributed by atoms with Gasteiger partial charge >= 0.3 is 0 Å². The highest BCUT2D eigenvalue weighted by atomic mass is 16.3. The maximum Gasteiger partial charge on any atom is 0.287 e. The lowest BCUT2D eigenvalue weighted by Gasteiger charge is -2.14. The van der Waals surface area contributed by atoms with Crippen LogP contribution in [0.1, 0.15) is 29.1 Å². The molecular formula is C14H14N2O2. The molecule has 1 amide bonds. The molecule has 1 aliphatic carbocycles. The van der Waals surface area contributed by atoms with E-state index in [0.717, 1.165) is 18.5 Å². The smallest absolute Gasteiger partial charge is 0.287 e. The predicted octanol–water partition coefficient (Wildman–Crippen LogP) is 2.14. The number of carbonyl (C=O) groups excluding carboxylic acids is 1. The Morgan fingerprint density at radius 3 is 2.83 bits per heavy atom. The Labute approximate surface area is 105 Å². The Morgan fingerprint density at radius 2 is 2.22 bits per heavy atom. The van der Waals surface area contributed by atoms with Crippen LogP contribution in [0, 0.1) is 0 Å². The van der Waals surface area contributed by atoms with Gasteiger partial charge in [-0.3, -0.25) is 9.78 Å². The molecule has 1 saturated carbocycles. The van der Waals surface area contributed by atoms with Crippen LogP contribution in [0.15, 0.2) is 47.2 Å². The summed E-state index contributed by atoms with van der Waals surface area (Å²) in [6.45, 7) is 0.615. The van der Waals surface area contributed by atoms with Crippen LogP contribution in [0.25, 0.3) is 0 Å². The molecule has 0 aliphatic heterocycles. The standard InChI is InChI=1S/C14H14N2O2/c17-13(11-4-3-9-18-11)16-10-14(6-7-14)12-5-1-2-8-15-12/h1-5,8-9H,6-7,10H2,(H,16,17). The molecule has 1 aliphatic rings. The van der Waals surface area contributed by atoms with E-state index in [-0.39, 0.29) is 11.3 Å². The zero-order valence-electron chi connectivity index (χ0n) is 9.93. The van der Waals surface area contributed by atoms with E-state index in [1.165, 1.54) is 6.26 Å². The molecule has 0 atom stereocenters. The van der Waals surface area contributed by atoms with Gasteiger partial charge in [0.15, 0.2) is 5.76 Å². The number of carbonyl (C=O) groups is 1. The van der Waals surface area contributed by atoms with Gasteiger partial charge in [-0.2, -0.15) is 0 Å². The van der Waals surface area contributed by atoms with Gasteiger partial charge in [-0.15, -0.1) is 0 Å². The second kappa shape index (κ2) is 4.29. The maximum absolute atomic E-state index is 11.8. The number of furan rings is 1. The van der Waals surface area contributed by atoms with Crippen LogP contribution < -0.4 is 5.32 Å². The van der Waals surface area contributed by atoms with E-state index in [0.29, 0.717) is 12.3 Å². The number of hydrogen-bond donors (Lipinski definition) is 1. The summed E-state index contributed by atoms with van der Waals surface area (Å²) in [6, 6.07) is 9.28. The van der Waals surface area contributed by atoms with E-state index in [9.17, 15) is 4.79 Å². The second-order valence-electron chi connectivity index (χ2n) is 4.66. The van der Waals surface area contributed by atoms with E-state index >= 15 is 0 Å². The van der Waals surface area contributed by atoms with E-state index in [4.69, 9.17) is 4.42 Å². The minimum atomic E-state index is -0.165. The molecule has 0 radical (unpaired) electrons. The average Bonchev–Trinajstić information content (AvgIpc) is 3.01. The van der Waals surface area contributed by atoms with Gasteiger partial charge in [-0.1, -0.05) is 6.07 Å². The zero-order valence-corrected chi connectivity index (χ0v) is 9.93. The molecule has 2 aromatic rings. The minimum Gasteiger partial charge on any atom is -0.459 e. The van der Waals surface area contributed by atoms with Crippen LogP contribution in [0.5, 0.6) is 0 Å². The molecule has 0 spiro atoms. The highest BCUT2D eigenvalue weighted by Gasteiger charge is 2.45. The Morgan fingerprint density at radius 1 is 1.33 bits per heavy atom. The van der Waals surface area contributed by atoms with Gasteiger partial charge < -0.3 is 9.73 Å². The summed E-state index contributed by atoms with van der Waals surface area (Å²) in [6.07, 6.45) is 5.44. The Bertz CT molecular complexity index is 530. The van der Waals surface area contributed by atoms with Crippen LogP contribution in [-0.2, 0) is 5.41 Å². The lowest BCUT2D eigenvalue weighted by atomic mass is 10.0. The maximum atomic E-state index is 11.8. The summed E-state index contributed by atoms with van der Waals surface area (Å²) >= 11 is 0. The molecule has 4 nitrogen and oxygen atoms in total. The SMILES string of the molecule is O=C(NCC1(c2ccccn2)CC1)c1ccco1. The van der Waals surface area contributed by atoms with Crippen LogP contribution in [-0.4, -0.2) is 17.4 Å². The predicted molar refractivity (Wildman–Crippen MR) is 66.2 cm³/mol. The van der Waals surface area contributed by atoms with Crippen LogP contribution in [0.2, 0.25) is 0 Å². The number of pyridine rings is 1. The Kier molecular flexibility index (Phi) is 2.63. The number of hydrogen-bond acceptors (Lipinski definition) is 3. The van der Waals surface area contributed by atoms with Gasteiger partial charge in [0, 0.05) is 23.9 Å². The first-order chi connectivity index (χ1) is 8.80. The zero-order chi connectivity index (χ0) is 12.4. The van der Waals surface area contributed by atoms with Crippen molar-refractivity contribution in [3.05, 3.63) is 54.2 Å². The van der Waals surface area contributed by atoms with Crippen molar-refractivity contribution in [2.75, 3.05) is 6.54 Å². The molecule has 0 unspecified atom stereocenters. The summed E-state index contributed by atoms with van der Waals surface area (Å²) in [4.78, 5) is 16.2. The third-order valence-electron chi connectivity index (χ3n) is 3.39. The lowest BCUT2D eigenvalue weighted by Crippen LogP contribution is -2.32. The van der Waals surface area contributed by atoms with Crippen molar-refractivity contribution in [3.8, 4) is 0 Å². The molecule has 0 aromatic carbocycles. The summed E-state index contributed by atoms with van der Waals surface area (Å²) in [7, 11) is 0. The summed E-state index contributed by atoms with van der Waals surface area (Å²) < 4.78 is 5.06. The largest absolute Gasteiger partial charge is 0.459 e. The number of aromatic nitrogens is 1. The fourth-order valence-electron chi connectivity index (χ4n) is 2.10. The third-order valence-corrected chi connectivity index (χ3v) is 3.39. The van der Waals surface area contributed by atoms with E-state index in [2.05, 4.69) is 10.3 Å². The third kappa shape index (κ3) is 2.01. The van der Waals surface area contributed by atoms with Gasteiger partial charge in [-0.05, 0) is 37.1 Å². The molecule has 1 N–H and O–H groups in total. The first kappa shape index (κ1) is 11.0. The first-order valence-electron chi connectivity index (χ1n) is 6.03. The summed E-state index contributed by atoms with van der Waals surface area (Å²) in [5.41, 5.74) is 1.09. The normalized spacial score (nSPS) is 16.2. The minimum absolute atomic E-state index is 0.0313. The van der Waals surface area contributed by atoms with Crippen LogP contribution in [0.4, 0.5) is 0 Å². The van der Waals surface area contributed by atoms with Crippen molar-refractivity contribution < 1.29 is 9.21 Å². The lowest BCUT2D eigenvalue weighted by molar-refractivity contribution is 0.0922. The average molecular weight is 242 g/mol. The van der Waals surface area contributed by atoms with E-state index in [1.54, 1.807) is 18.3 Å². The molecule has 92 valence electrons. The van der Waals surface area contributed by atoms with Crippen molar-refractivity contribution in [3.63, 3.8) is 0 Å². The molecule has 0 bridgehead atoms. The number of amides is 1. The van der Waals surface area contributed by atoms with Gasteiger partial charge in [0.2, 0.25) is 0 Å². The fraction of sp³-hybridized carbons (Fsp3) is 0.286. The monoisotopic (exact) mass is 242 g/mol. The molecular weight excluding hydrogens is 228 g/mol. The number of rotatable bonds is 4. The molecule has 3 rings (SSSR count). The molecule has 2 heterocycles. The molecule has 2 aromatic heterocycles. The quantitative estimate of drug-likeness (QED) is 0.893. The number of nitrogens with one attached hydrogen (secondary N) is 1. The molecule has 0 saturated heterocycles. The number of nitrogens with zero attached hydrogens (tertiary/aromatic N) is 1. The second-order valence-corrected chi connectivity index (χ2v) is 4.66. The van der Waals surface area contributed by atoms with Crippen molar-refractivity contribution in [1.82, 2.24) is 10.3 Å². The van der Waals surface area contributed by atoms with Gasteiger partial charge in [-0.25, -0.2) is 0 Å².